The van der Waals surface area contributed by atoms with Crippen molar-refractivity contribution in [3.8, 4) is 0 Å². The van der Waals surface area contributed by atoms with Crippen molar-refractivity contribution in [3.05, 3.63) is 0 Å². The summed E-state index contributed by atoms with van der Waals surface area (Å²) in [6, 6.07) is 0.538. The number of amides is 1. The molecular weight excluding hydrogens is 216 g/mol. The maximum absolute atomic E-state index is 12.4. The molecule has 2 aliphatic rings. The van der Waals surface area contributed by atoms with Crippen molar-refractivity contribution in [2.45, 2.75) is 44.8 Å². The molecule has 1 amide bonds. The van der Waals surface area contributed by atoms with Gasteiger partial charge in [-0.15, -0.1) is 0 Å². The normalized spacial score (nSPS) is 38.4. The van der Waals surface area contributed by atoms with E-state index in [4.69, 9.17) is 4.74 Å². The first-order valence-corrected chi connectivity index (χ1v) is 6.67. The third kappa shape index (κ3) is 2.47. The third-order valence-corrected chi connectivity index (χ3v) is 4.23. The van der Waals surface area contributed by atoms with Gasteiger partial charge in [0, 0.05) is 25.7 Å². The lowest BCUT2D eigenvalue weighted by Crippen LogP contribution is -2.54. The zero-order valence-corrected chi connectivity index (χ0v) is 11.2. The summed E-state index contributed by atoms with van der Waals surface area (Å²) in [6.07, 6.45) is 2.91. The average Bonchev–Trinajstić information content (AvgIpc) is 2.76. The van der Waals surface area contributed by atoms with Crippen molar-refractivity contribution in [2.24, 2.45) is 5.92 Å². The molecule has 0 spiro atoms. The minimum absolute atomic E-state index is 0.191. The Morgan fingerprint density at radius 1 is 1.53 bits per heavy atom. The molecule has 0 radical (unpaired) electrons. The molecule has 1 N–H and O–H groups in total. The molecule has 2 saturated heterocycles. The second-order valence-electron chi connectivity index (χ2n) is 5.60. The van der Waals surface area contributed by atoms with Crippen LogP contribution in [-0.4, -0.2) is 49.2 Å². The molecule has 0 bridgehead atoms. The van der Waals surface area contributed by atoms with Gasteiger partial charge in [-0.05, 0) is 39.2 Å². The van der Waals surface area contributed by atoms with Gasteiger partial charge in [0.05, 0.1) is 0 Å². The van der Waals surface area contributed by atoms with Gasteiger partial charge in [0.1, 0.15) is 5.60 Å². The van der Waals surface area contributed by atoms with Gasteiger partial charge in [0.2, 0.25) is 0 Å². The van der Waals surface area contributed by atoms with E-state index >= 15 is 0 Å². The first-order chi connectivity index (χ1) is 8.07. The quantitative estimate of drug-likeness (QED) is 0.783. The molecule has 4 heteroatoms. The van der Waals surface area contributed by atoms with Crippen LogP contribution in [0.25, 0.3) is 0 Å². The van der Waals surface area contributed by atoms with Gasteiger partial charge in [-0.1, -0.05) is 6.92 Å². The Morgan fingerprint density at radius 3 is 2.82 bits per heavy atom. The molecule has 98 valence electrons. The summed E-state index contributed by atoms with van der Waals surface area (Å²) < 4.78 is 5.64. The lowest BCUT2D eigenvalue weighted by Gasteiger charge is -2.39. The number of carbonyl (C=O) groups is 1. The molecule has 2 aliphatic heterocycles. The Morgan fingerprint density at radius 2 is 2.29 bits per heavy atom. The highest BCUT2D eigenvalue weighted by molar-refractivity contribution is 5.85. The van der Waals surface area contributed by atoms with Gasteiger partial charge in [0.25, 0.3) is 5.91 Å². The van der Waals surface area contributed by atoms with Crippen molar-refractivity contribution >= 4 is 5.91 Å². The number of piperidine rings is 1. The maximum Gasteiger partial charge on any atom is 0.254 e. The van der Waals surface area contributed by atoms with Crippen LogP contribution in [-0.2, 0) is 9.53 Å². The molecule has 0 aromatic carbocycles. The second-order valence-corrected chi connectivity index (χ2v) is 5.60. The Kier molecular flexibility index (Phi) is 3.73. The molecule has 4 nitrogen and oxygen atoms in total. The number of rotatable bonds is 2. The highest BCUT2D eigenvalue weighted by Gasteiger charge is 2.42. The molecule has 0 aromatic rings. The van der Waals surface area contributed by atoms with Gasteiger partial charge in [-0.25, -0.2) is 0 Å². The Labute approximate surface area is 104 Å². The molecule has 0 aromatic heterocycles. The van der Waals surface area contributed by atoms with Crippen LogP contribution in [0.2, 0.25) is 0 Å². The fraction of sp³-hybridized carbons (Fsp3) is 0.923. The van der Waals surface area contributed by atoms with E-state index < -0.39 is 5.60 Å². The first kappa shape index (κ1) is 12.8. The van der Waals surface area contributed by atoms with Crippen LogP contribution in [0, 0.1) is 5.92 Å². The SMILES string of the molecule is CNC1CCN(C(=O)C2(C)CCCO2)CC1C. The standard InChI is InChI=1S/C13H24N2O2/c1-10-9-15(7-5-11(10)14-3)12(16)13(2)6-4-8-17-13/h10-11,14H,4-9H2,1-3H3. The number of hydrogen-bond acceptors (Lipinski definition) is 3. The van der Waals surface area contributed by atoms with Crippen LogP contribution in [0.1, 0.15) is 33.1 Å². The molecule has 3 unspecified atom stereocenters. The molecule has 0 saturated carbocycles. The smallest absolute Gasteiger partial charge is 0.254 e. The van der Waals surface area contributed by atoms with Gasteiger partial charge < -0.3 is 15.0 Å². The number of ether oxygens (including phenoxy) is 1. The Hall–Kier alpha value is -0.610. The lowest BCUT2D eigenvalue weighted by atomic mass is 9.92. The highest BCUT2D eigenvalue weighted by Crippen LogP contribution is 2.29. The summed E-state index contributed by atoms with van der Waals surface area (Å²) >= 11 is 0. The van der Waals surface area contributed by atoms with E-state index in [0.717, 1.165) is 39.0 Å². The van der Waals surface area contributed by atoms with E-state index in [-0.39, 0.29) is 5.91 Å². The highest BCUT2D eigenvalue weighted by atomic mass is 16.5. The number of nitrogens with zero attached hydrogens (tertiary/aromatic N) is 1. The number of likely N-dealkylation sites (tertiary alicyclic amines) is 1. The lowest BCUT2D eigenvalue weighted by molar-refractivity contribution is -0.153. The average molecular weight is 240 g/mol. The van der Waals surface area contributed by atoms with E-state index in [2.05, 4.69) is 12.2 Å². The van der Waals surface area contributed by atoms with Crippen LogP contribution < -0.4 is 5.32 Å². The van der Waals surface area contributed by atoms with Gasteiger partial charge in [0.15, 0.2) is 0 Å². The van der Waals surface area contributed by atoms with E-state index in [9.17, 15) is 4.79 Å². The molecule has 0 aliphatic carbocycles. The minimum Gasteiger partial charge on any atom is -0.365 e. The number of carbonyl (C=O) groups excluding carboxylic acids is 1. The summed E-state index contributed by atoms with van der Waals surface area (Å²) in [7, 11) is 2.00. The zero-order valence-electron chi connectivity index (χ0n) is 11.2. The predicted molar refractivity (Wildman–Crippen MR) is 66.8 cm³/mol. The van der Waals surface area contributed by atoms with Crippen molar-refractivity contribution in [1.82, 2.24) is 10.2 Å². The van der Waals surface area contributed by atoms with Crippen molar-refractivity contribution in [3.63, 3.8) is 0 Å². The molecule has 2 fully saturated rings. The Bertz CT molecular complexity index is 287. The number of nitrogens with one attached hydrogen (secondary N) is 1. The number of hydrogen-bond donors (Lipinski definition) is 1. The fourth-order valence-electron chi connectivity index (χ4n) is 3.04. The van der Waals surface area contributed by atoms with Gasteiger partial charge >= 0.3 is 0 Å². The van der Waals surface area contributed by atoms with Crippen LogP contribution in [0.5, 0.6) is 0 Å². The monoisotopic (exact) mass is 240 g/mol. The van der Waals surface area contributed by atoms with Crippen LogP contribution in [0.3, 0.4) is 0 Å². The van der Waals surface area contributed by atoms with Crippen molar-refractivity contribution in [1.29, 1.82) is 0 Å². The summed E-state index contributed by atoms with van der Waals surface area (Å²) in [4.78, 5) is 14.4. The van der Waals surface area contributed by atoms with Crippen molar-refractivity contribution in [2.75, 3.05) is 26.7 Å². The van der Waals surface area contributed by atoms with E-state index in [1.54, 1.807) is 0 Å². The van der Waals surface area contributed by atoms with E-state index in [1.807, 2.05) is 18.9 Å². The molecule has 2 rings (SSSR count). The van der Waals surface area contributed by atoms with Crippen molar-refractivity contribution < 1.29 is 9.53 Å². The van der Waals surface area contributed by atoms with E-state index in [1.165, 1.54) is 0 Å². The molecule has 17 heavy (non-hydrogen) atoms. The molecule has 3 atom stereocenters. The summed E-state index contributed by atoms with van der Waals surface area (Å²) in [6.45, 7) is 6.58. The third-order valence-electron chi connectivity index (χ3n) is 4.23. The fourth-order valence-corrected chi connectivity index (χ4v) is 3.04. The maximum atomic E-state index is 12.4. The van der Waals surface area contributed by atoms with Gasteiger partial charge in [-0.2, -0.15) is 0 Å². The van der Waals surface area contributed by atoms with E-state index in [0.29, 0.717) is 12.0 Å². The Balaban J connectivity index is 1.97. The van der Waals surface area contributed by atoms with Crippen LogP contribution in [0.4, 0.5) is 0 Å². The molecular formula is C13H24N2O2. The minimum atomic E-state index is -0.549. The largest absolute Gasteiger partial charge is 0.365 e. The van der Waals surface area contributed by atoms with Gasteiger partial charge in [-0.3, -0.25) is 4.79 Å². The second kappa shape index (κ2) is 4.94. The molecule has 2 heterocycles. The topological polar surface area (TPSA) is 41.6 Å². The first-order valence-electron chi connectivity index (χ1n) is 6.67. The zero-order chi connectivity index (χ0) is 12.5. The summed E-state index contributed by atoms with van der Waals surface area (Å²) in [5, 5.41) is 3.32. The van der Waals surface area contributed by atoms with Crippen LogP contribution in [0.15, 0.2) is 0 Å². The van der Waals surface area contributed by atoms with Crippen LogP contribution >= 0.6 is 0 Å². The predicted octanol–water partition coefficient (Wildman–Crippen LogP) is 1.01. The summed E-state index contributed by atoms with van der Waals surface area (Å²) in [5.41, 5.74) is -0.549. The summed E-state index contributed by atoms with van der Waals surface area (Å²) in [5.74, 6) is 0.708.